The van der Waals surface area contributed by atoms with E-state index in [0.29, 0.717) is 10.1 Å². The fourth-order valence-electron chi connectivity index (χ4n) is 1.23. The Kier molecular flexibility index (Phi) is 3.25. The molecule has 92 valence electrons. The van der Waals surface area contributed by atoms with Crippen LogP contribution in [0.2, 0.25) is 0 Å². The number of aromatic nitrogens is 3. The molecule has 0 aliphatic rings. The Bertz CT molecular complexity index is 586. The Balaban J connectivity index is 2.36. The summed E-state index contributed by atoms with van der Waals surface area (Å²) in [6.45, 7) is 0. The highest BCUT2D eigenvalue weighted by Crippen LogP contribution is 2.34. The summed E-state index contributed by atoms with van der Waals surface area (Å²) in [6.07, 6.45) is -3.18. The van der Waals surface area contributed by atoms with Crippen molar-refractivity contribution in [3.8, 4) is 6.07 Å². The molecule has 0 saturated heterocycles. The highest BCUT2D eigenvalue weighted by atomic mass is 32.2. The van der Waals surface area contributed by atoms with Gasteiger partial charge in [0, 0.05) is 4.90 Å². The van der Waals surface area contributed by atoms with E-state index in [4.69, 9.17) is 5.26 Å². The Morgan fingerprint density at radius 1 is 1.33 bits per heavy atom. The fourth-order valence-corrected chi connectivity index (χ4v) is 1.99. The minimum absolute atomic E-state index is 0.0498. The second kappa shape index (κ2) is 4.70. The number of nitrogens with one attached hydrogen (secondary N) is 1. The van der Waals surface area contributed by atoms with E-state index in [-0.39, 0.29) is 5.56 Å². The minimum atomic E-state index is -4.46. The van der Waals surface area contributed by atoms with Gasteiger partial charge < -0.3 is 0 Å². The second-order valence-electron chi connectivity index (χ2n) is 3.21. The molecule has 2 rings (SSSR count). The van der Waals surface area contributed by atoms with E-state index in [1.807, 2.05) is 0 Å². The van der Waals surface area contributed by atoms with Crippen LogP contribution in [-0.2, 0) is 6.18 Å². The zero-order chi connectivity index (χ0) is 13.2. The van der Waals surface area contributed by atoms with Gasteiger partial charge in [0.25, 0.3) is 0 Å². The molecule has 0 aliphatic carbocycles. The molecule has 0 unspecified atom stereocenters. The molecule has 0 amide bonds. The van der Waals surface area contributed by atoms with Crippen LogP contribution in [-0.4, -0.2) is 15.2 Å². The zero-order valence-electron chi connectivity index (χ0n) is 8.69. The van der Waals surface area contributed by atoms with Gasteiger partial charge in [-0.25, -0.2) is 4.98 Å². The molecule has 18 heavy (non-hydrogen) atoms. The Morgan fingerprint density at radius 2 is 2.11 bits per heavy atom. The molecule has 1 heterocycles. The van der Waals surface area contributed by atoms with Gasteiger partial charge >= 0.3 is 6.18 Å². The van der Waals surface area contributed by atoms with Gasteiger partial charge in [-0.3, -0.25) is 5.10 Å². The maximum absolute atomic E-state index is 12.5. The zero-order valence-corrected chi connectivity index (χ0v) is 9.51. The maximum Gasteiger partial charge on any atom is 0.416 e. The van der Waals surface area contributed by atoms with Gasteiger partial charge in [-0.15, -0.1) is 0 Å². The van der Waals surface area contributed by atoms with Crippen LogP contribution in [0.25, 0.3) is 0 Å². The Morgan fingerprint density at radius 3 is 2.67 bits per heavy atom. The van der Waals surface area contributed by atoms with E-state index in [1.54, 1.807) is 6.07 Å². The van der Waals surface area contributed by atoms with E-state index in [0.717, 1.165) is 23.9 Å². The van der Waals surface area contributed by atoms with Gasteiger partial charge in [0.15, 0.2) is 5.16 Å². The summed E-state index contributed by atoms with van der Waals surface area (Å²) >= 11 is 1.05. The lowest BCUT2D eigenvalue weighted by Gasteiger charge is -2.08. The van der Waals surface area contributed by atoms with Crippen LogP contribution in [0.15, 0.2) is 34.6 Å². The molecule has 0 fully saturated rings. The molecule has 0 bridgehead atoms. The number of rotatable bonds is 2. The normalized spacial score (nSPS) is 11.2. The van der Waals surface area contributed by atoms with Crippen LogP contribution in [0.5, 0.6) is 0 Å². The predicted molar refractivity (Wildman–Crippen MR) is 56.7 cm³/mol. The Hall–Kier alpha value is -2.01. The summed E-state index contributed by atoms with van der Waals surface area (Å²) in [5.74, 6) is 0. The van der Waals surface area contributed by atoms with Crippen molar-refractivity contribution >= 4 is 11.8 Å². The lowest BCUT2D eigenvalue weighted by Crippen LogP contribution is -2.05. The molecule has 0 radical (unpaired) electrons. The van der Waals surface area contributed by atoms with Crippen LogP contribution in [0.4, 0.5) is 13.2 Å². The largest absolute Gasteiger partial charge is 0.416 e. The third kappa shape index (κ3) is 2.62. The van der Waals surface area contributed by atoms with Gasteiger partial charge in [-0.2, -0.15) is 23.5 Å². The number of hydrogen-bond donors (Lipinski definition) is 1. The van der Waals surface area contributed by atoms with E-state index >= 15 is 0 Å². The van der Waals surface area contributed by atoms with E-state index in [1.165, 1.54) is 12.4 Å². The van der Waals surface area contributed by atoms with Crippen LogP contribution in [0.1, 0.15) is 11.1 Å². The van der Waals surface area contributed by atoms with E-state index in [9.17, 15) is 13.2 Å². The summed E-state index contributed by atoms with van der Waals surface area (Å²) < 4.78 is 37.4. The van der Waals surface area contributed by atoms with Crippen molar-refractivity contribution in [2.45, 2.75) is 16.2 Å². The highest BCUT2D eigenvalue weighted by Gasteiger charge is 2.31. The number of alkyl halides is 3. The monoisotopic (exact) mass is 270 g/mol. The van der Waals surface area contributed by atoms with Crippen molar-refractivity contribution in [1.82, 2.24) is 15.2 Å². The van der Waals surface area contributed by atoms with Crippen LogP contribution in [0, 0.1) is 11.3 Å². The topological polar surface area (TPSA) is 65.4 Å². The molecule has 0 atom stereocenters. The Labute approximate surface area is 104 Å². The molecule has 4 nitrogen and oxygen atoms in total. The van der Waals surface area contributed by atoms with Crippen LogP contribution in [0.3, 0.4) is 0 Å². The van der Waals surface area contributed by atoms with Crippen LogP contribution < -0.4 is 0 Å². The second-order valence-corrected chi connectivity index (χ2v) is 4.24. The molecule has 1 N–H and O–H groups in total. The van der Waals surface area contributed by atoms with Crippen LogP contribution >= 0.6 is 11.8 Å². The van der Waals surface area contributed by atoms with Crippen molar-refractivity contribution in [3.63, 3.8) is 0 Å². The van der Waals surface area contributed by atoms with Crippen molar-refractivity contribution in [2.75, 3.05) is 0 Å². The predicted octanol–water partition coefficient (Wildman–Crippen LogP) is 2.85. The number of benzene rings is 1. The number of hydrogen-bond acceptors (Lipinski definition) is 4. The van der Waals surface area contributed by atoms with Gasteiger partial charge in [0.2, 0.25) is 0 Å². The van der Waals surface area contributed by atoms with Crippen molar-refractivity contribution in [3.05, 3.63) is 35.7 Å². The summed E-state index contributed by atoms with van der Waals surface area (Å²) in [4.78, 5) is 4.21. The molecule has 0 spiro atoms. The minimum Gasteiger partial charge on any atom is -0.254 e. The SMILES string of the molecule is N#Cc1cc(C(F)(F)F)ccc1Sc1ncn[nH]1. The molecule has 2 aromatic rings. The third-order valence-electron chi connectivity index (χ3n) is 2.03. The van der Waals surface area contributed by atoms with Gasteiger partial charge in [0.1, 0.15) is 12.4 Å². The van der Waals surface area contributed by atoms with Crippen molar-refractivity contribution < 1.29 is 13.2 Å². The first kappa shape index (κ1) is 12.4. The molecular formula is C10H5F3N4S. The number of aromatic amines is 1. The maximum atomic E-state index is 12.5. The first-order valence-corrected chi connectivity index (χ1v) is 5.47. The standard InChI is InChI=1S/C10H5F3N4S/c11-10(12,13)7-1-2-8(6(3-7)4-14)18-9-15-5-16-17-9/h1-3,5H,(H,15,16,17). The average molecular weight is 270 g/mol. The van der Waals surface area contributed by atoms with Gasteiger partial charge in [-0.1, -0.05) is 0 Å². The summed E-state index contributed by atoms with van der Waals surface area (Å²) in [6, 6.07) is 4.73. The number of nitriles is 1. The lowest BCUT2D eigenvalue weighted by atomic mass is 10.1. The van der Waals surface area contributed by atoms with Gasteiger partial charge in [-0.05, 0) is 30.0 Å². The highest BCUT2D eigenvalue weighted by molar-refractivity contribution is 7.99. The van der Waals surface area contributed by atoms with Crippen molar-refractivity contribution in [1.29, 1.82) is 5.26 Å². The first-order valence-electron chi connectivity index (χ1n) is 4.65. The molecule has 1 aromatic heterocycles. The fraction of sp³-hybridized carbons (Fsp3) is 0.100. The van der Waals surface area contributed by atoms with E-state index in [2.05, 4.69) is 15.2 Å². The summed E-state index contributed by atoms with van der Waals surface area (Å²) in [5, 5.41) is 15.4. The first-order chi connectivity index (χ1) is 8.50. The average Bonchev–Trinajstić information content (AvgIpc) is 2.81. The molecule has 8 heteroatoms. The molecule has 0 saturated carbocycles. The smallest absolute Gasteiger partial charge is 0.254 e. The lowest BCUT2D eigenvalue weighted by molar-refractivity contribution is -0.137. The molecular weight excluding hydrogens is 265 g/mol. The number of H-pyrrole nitrogens is 1. The summed E-state index contributed by atoms with van der Waals surface area (Å²) in [7, 11) is 0. The number of halogens is 3. The van der Waals surface area contributed by atoms with Gasteiger partial charge in [0.05, 0.1) is 11.1 Å². The quantitative estimate of drug-likeness (QED) is 0.911. The summed E-state index contributed by atoms with van der Waals surface area (Å²) in [5.41, 5.74) is -0.896. The third-order valence-corrected chi connectivity index (χ3v) is 2.99. The van der Waals surface area contributed by atoms with Crippen molar-refractivity contribution in [2.24, 2.45) is 0 Å². The molecule has 1 aromatic carbocycles. The molecule has 0 aliphatic heterocycles. The number of nitrogens with zero attached hydrogens (tertiary/aromatic N) is 3. The van der Waals surface area contributed by atoms with E-state index < -0.39 is 11.7 Å².